The lowest BCUT2D eigenvalue weighted by Gasteiger charge is -2.07. The van der Waals surface area contributed by atoms with Crippen LogP contribution in [0.5, 0.6) is 5.75 Å². The lowest BCUT2D eigenvalue weighted by Crippen LogP contribution is -1.95. The van der Waals surface area contributed by atoms with Crippen LogP contribution < -0.4 is 4.74 Å². The van der Waals surface area contributed by atoms with E-state index >= 15 is 0 Å². The molecule has 1 nitrogen and oxygen atoms in total. The quantitative estimate of drug-likeness (QED) is 0.505. The van der Waals surface area contributed by atoms with Crippen molar-refractivity contribution in [3.05, 3.63) is 29.8 Å². The van der Waals surface area contributed by atoms with E-state index in [-0.39, 0.29) is 0 Å². The van der Waals surface area contributed by atoms with Gasteiger partial charge in [0.25, 0.3) is 0 Å². The van der Waals surface area contributed by atoms with Gasteiger partial charge in [-0.25, -0.2) is 0 Å². The molecule has 0 amide bonds. The minimum Gasteiger partial charge on any atom is -0.494 e. The lowest BCUT2D eigenvalue weighted by atomic mass is 10.0. The standard InChI is InChI=1S/C17H28O/c1-3-5-6-7-8-9-11-16-12-10-13-17(15-16)18-14-4-2/h10,12-13,15H,3-9,11,14H2,1-2H3. The van der Waals surface area contributed by atoms with Crippen molar-refractivity contribution in [3.63, 3.8) is 0 Å². The molecule has 0 aliphatic carbocycles. The number of ether oxygens (including phenoxy) is 1. The van der Waals surface area contributed by atoms with E-state index in [9.17, 15) is 0 Å². The van der Waals surface area contributed by atoms with Crippen LogP contribution in [0.3, 0.4) is 0 Å². The molecular weight excluding hydrogens is 220 g/mol. The van der Waals surface area contributed by atoms with E-state index < -0.39 is 0 Å². The average Bonchev–Trinajstić information content (AvgIpc) is 2.41. The Kier molecular flexibility index (Phi) is 8.37. The van der Waals surface area contributed by atoms with Gasteiger partial charge in [-0.1, -0.05) is 58.1 Å². The maximum atomic E-state index is 5.66. The largest absolute Gasteiger partial charge is 0.494 e. The number of unbranched alkanes of at least 4 members (excludes halogenated alkanes) is 5. The van der Waals surface area contributed by atoms with Gasteiger partial charge in [0.15, 0.2) is 0 Å². The number of hydrogen-bond acceptors (Lipinski definition) is 1. The summed E-state index contributed by atoms with van der Waals surface area (Å²) in [5, 5.41) is 0. The summed E-state index contributed by atoms with van der Waals surface area (Å²) in [4.78, 5) is 0. The molecule has 0 spiro atoms. The normalized spacial score (nSPS) is 10.6. The summed E-state index contributed by atoms with van der Waals surface area (Å²) in [6.45, 7) is 5.22. The van der Waals surface area contributed by atoms with E-state index in [4.69, 9.17) is 4.74 Å². The Morgan fingerprint density at radius 3 is 2.44 bits per heavy atom. The Morgan fingerprint density at radius 2 is 1.67 bits per heavy atom. The molecule has 0 radical (unpaired) electrons. The monoisotopic (exact) mass is 248 g/mol. The number of aryl methyl sites for hydroxylation is 1. The molecule has 0 heterocycles. The lowest BCUT2D eigenvalue weighted by molar-refractivity contribution is 0.317. The fourth-order valence-corrected chi connectivity index (χ4v) is 2.12. The number of benzene rings is 1. The maximum Gasteiger partial charge on any atom is 0.119 e. The van der Waals surface area contributed by atoms with Crippen LogP contribution in [0.25, 0.3) is 0 Å². The van der Waals surface area contributed by atoms with Crippen LogP contribution in [0.2, 0.25) is 0 Å². The molecule has 18 heavy (non-hydrogen) atoms. The summed E-state index contributed by atoms with van der Waals surface area (Å²) in [7, 11) is 0. The summed E-state index contributed by atoms with van der Waals surface area (Å²) < 4.78 is 5.66. The predicted octanol–water partition coefficient (Wildman–Crippen LogP) is 5.38. The van der Waals surface area contributed by atoms with Crippen LogP contribution in [-0.2, 0) is 6.42 Å². The van der Waals surface area contributed by atoms with Crippen LogP contribution in [0.1, 0.15) is 64.4 Å². The van der Waals surface area contributed by atoms with Crippen molar-refractivity contribution < 1.29 is 4.74 Å². The first-order chi connectivity index (χ1) is 8.86. The Balaban J connectivity index is 2.20. The minimum atomic E-state index is 0.820. The van der Waals surface area contributed by atoms with E-state index in [2.05, 4.69) is 38.1 Å². The van der Waals surface area contributed by atoms with Gasteiger partial charge in [-0.05, 0) is 37.0 Å². The first kappa shape index (κ1) is 15.1. The second kappa shape index (κ2) is 9.99. The molecule has 0 N–H and O–H groups in total. The molecule has 102 valence electrons. The van der Waals surface area contributed by atoms with Crippen molar-refractivity contribution in [1.29, 1.82) is 0 Å². The topological polar surface area (TPSA) is 9.23 Å². The van der Waals surface area contributed by atoms with E-state index in [0.29, 0.717) is 0 Å². The molecule has 1 aromatic rings. The SMILES string of the molecule is CCCCCCCCc1cccc(OCCC)c1. The van der Waals surface area contributed by atoms with Gasteiger partial charge in [-0.3, -0.25) is 0 Å². The molecule has 1 aromatic carbocycles. The van der Waals surface area contributed by atoms with Gasteiger partial charge in [0.1, 0.15) is 5.75 Å². The van der Waals surface area contributed by atoms with Gasteiger partial charge in [0, 0.05) is 0 Å². The third-order valence-corrected chi connectivity index (χ3v) is 3.19. The molecule has 0 aromatic heterocycles. The molecule has 0 bridgehead atoms. The summed E-state index contributed by atoms with van der Waals surface area (Å²) in [6.07, 6.45) is 10.4. The van der Waals surface area contributed by atoms with Gasteiger partial charge in [-0.15, -0.1) is 0 Å². The van der Waals surface area contributed by atoms with E-state index in [1.54, 1.807) is 0 Å². The summed E-state index contributed by atoms with van der Waals surface area (Å²) in [5.74, 6) is 1.03. The van der Waals surface area contributed by atoms with Gasteiger partial charge in [0.2, 0.25) is 0 Å². The molecule has 0 aliphatic heterocycles. The van der Waals surface area contributed by atoms with Crippen molar-refractivity contribution in [3.8, 4) is 5.75 Å². The van der Waals surface area contributed by atoms with Crippen LogP contribution in [0, 0.1) is 0 Å². The second-order valence-corrected chi connectivity index (χ2v) is 5.01. The highest BCUT2D eigenvalue weighted by Gasteiger charge is 1.97. The maximum absolute atomic E-state index is 5.66. The smallest absolute Gasteiger partial charge is 0.119 e. The van der Waals surface area contributed by atoms with E-state index in [1.165, 1.54) is 50.5 Å². The highest BCUT2D eigenvalue weighted by atomic mass is 16.5. The van der Waals surface area contributed by atoms with Crippen molar-refractivity contribution in [1.82, 2.24) is 0 Å². The Labute approximate surface area is 113 Å². The van der Waals surface area contributed by atoms with Crippen molar-refractivity contribution in [2.75, 3.05) is 6.61 Å². The highest BCUT2D eigenvalue weighted by Crippen LogP contribution is 2.16. The van der Waals surface area contributed by atoms with Crippen LogP contribution in [0.15, 0.2) is 24.3 Å². The van der Waals surface area contributed by atoms with Gasteiger partial charge >= 0.3 is 0 Å². The van der Waals surface area contributed by atoms with Gasteiger partial charge in [-0.2, -0.15) is 0 Å². The van der Waals surface area contributed by atoms with Crippen molar-refractivity contribution in [2.24, 2.45) is 0 Å². The summed E-state index contributed by atoms with van der Waals surface area (Å²) >= 11 is 0. The molecule has 0 aliphatic rings. The zero-order chi connectivity index (χ0) is 13.1. The third kappa shape index (κ3) is 6.68. The van der Waals surface area contributed by atoms with Crippen LogP contribution in [-0.4, -0.2) is 6.61 Å². The average molecular weight is 248 g/mol. The molecule has 0 fully saturated rings. The number of rotatable bonds is 10. The van der Waals surface area contributed by atoms with Gasteiger partial charge < -0.3 is 4.74 Å². The van der Waals surface area contributed by atoms with Crippen LogP contribution >= 0.6 is 0 Å². The fraction of sp³-hybridized carbons (Fsp3) is 0.647. The summed E-state index contributed by atoms with van der Waals surface area (Å²) in [5.41, 5.74) is 1.42. The minimum absolute atomic E-state index is 0.820. The highest BCUT2D eigenvalue weighted by molar-refractivity contribution is 5.28. The van der Waals surface area contributed by atoms with Crippen molar-refractivity contribution >= 4 is 0 Å². The molecule has 0 atom stereocenters. The molecule has 1 rings (SSSR count). The Morgan fingerprint density at radius 1 is 0.889 bits per heavy atom. The van der Waals surface area contributed by atoms with E-state index in [0.717, 1.165) is 18.8 Å². The molecule has 1 heteroatoms. The van der Waals surface area contributed by atoms with Crippen LogP contribution in [0.4, 0.5) is 0 Å². The second-order valence-electron chi connectivity index (χ2n) is 5.01. The van der Waals surface area contributed by atoms with Crippen molar-refractivity contribution in [2.45, 2.75) is 65.2 Å². The third-order valence-electron chi connectivity index (χ3n) is 3.19. The molecule has 0 saturated heterocycles. The predicted molar refractivity (Wildman–Crippen MR) is 79.3 cm³/mol. The summed E-state index contributed by atoms with van der Waals surface area (Å²) in [6, 6.07) is 8.57. The first-order valence-electron chi connectivity index (χ1n) is 7.58. The van der Waals surface area contributed by atoms with E-state index in [1.807, 2.05) is 0 Å². The molecule has 0 saturated carbocycles. The Hall–Kier alpha value is -0.980. The first-order valence-corrected chi connectivity index (χ1v) is 7.58. The number of hydrogen-bond donors (Lipinski definition) is 0. The molecular formula is C17H28O. The fourth-order valence-electron chi connectivity index (χ4n) is 2.12. The zero-order valence-electron chi connectivity index (χ0n) is 12.1. The molecule has 0 unspecified atom stereocenters. The van der Waals surface area contributed by atoms with Gasteiger partial charge in [0.05, 0.1) is 6.61 Å². The Bertz CT molecular complexity index is 306. The zero-order valence-corrected chi connectivity index (χ0v) is 12.1.